The molecule has 9 aromatic rings. The van der Waals surface area contributed by atoms with Gasteiger partial charge in [0.1, 0.15) is 0 Å². The number of hydrogen-bond acceptors (Lipinski definition) is 2. The Hall–Kier alpha value is -8.40. The summed E-state index contributed by atoms with van der Waals surface area (Å²) in [6.45, 7) is 12.6. The monoisotopic (exact) mass is 1020 g/mol. The molecule has 0 heterocycles. The zero-order valence-electron chi connectivity index (χ0n) is 44.3. The Morgan fingerprint density at radius 2 is 0.526 bits per heavy atom. The number of allylic oxidation sites excluding steroid dienone is 2. The Morgan fingerprint density at radius 3 is 0.789 bits per heavy atom. The maximum atomic E-state index is 15.0. The first-order valence-corrected chi connectivity index (χ1v) is 28.9. The minimum atomic E-state index is -3.13. The zero-order chi connectivity index (χ0) is 53.7. The van der Waals surface area contributed by atoms with Gasteiger partial charge in [0.25, 0.3) is 0 Å². The number of rotatable bonds is 8. The Labute approximate surface area is 452 Å². The molecule has 9 aromatic carbocycles. The smallest absolute Gasteiger partial charge is 0.175 e. The lowest BCUT2D eigenvalue weighted by Gasteiger charge is -2.30. The third-order valence-electron chi connectivity index (χ3n) is 12.1. The first kappa shape index (κ1) is 55.4. The molecule has 0 unspecified atom stereocenters. The summed E-state index contributed by atoms with van der Waals surface area (Å²) < 4.78 is 30.1. The molecular formula is C72H64O2P2. The van der Waals surface area contributed by atoms with Gasteiger partial charge in [0, 0.05) is 54.1 Å². The first-order valence-electron chi connectivity index (χ1n) is 25.5. The highest BCUT2D eigenvalue weighted by Crippen LogP contribution is 2.59. The second-order valence-corrected chi connectivity index (χ2v) is 25.3. The van der Waals surface area contributed by atoms with Crippen molar-refractivity contribution in [1.82, 2.24) is 0 Å². The SMILES string of the molecule is CC(C)(C)C(=C=Cc1ccccc1C#Cc1ccccc1)P(=O)(c1ccccc1)c1ccccc1.CC(C)(C)C(=C=Cc1ccccc1C#Cc1ccccc1)P(=O)(c1ccccc1)c1ccccc1.c1ccccc1. The lowest BCUT2D eigenvalue weighted by atomic mass is 9.96. The molecule has 0 aliphatic carbocycles. The molecule has 0 aromatic heterocycles. The molecule has 0 spiro atoms. The van der Waals surface area contributed by atoms with Gasteiger partial charge in [0.2, 0.25) is 0 Å². The van der Waals surface area contributed by atoms with Gasteiger partial charge in [-0.15, -0.1) is 11.5 Å². The molecular weight excluding hydrogens is 959 g/mol. The van der Waals surface area contributed by atoms with Crippen LogP contribution in [0.4, 0.5) is 0 Å². The Bertz CT molecular complexity index is 3300. The van der Waals surface area contributed by atoms with Crippen LogP contribution in [0.3, 0.4) is 0 Å². The molecule has 0 atom stereocenters. The van der Waals surface area contributed by atoms with Gasteiger partial charge < -0.3 is 9.13 Å². The van der Waals surface area contributed by atoms with Gasteiger partial charge in [-0.25, -0.2) is 0 Å². The van der Waals surface area contributed by atoms with E-state index in [-0.39, 0.29) is 10.8 Å². The maximum absolute atomic E-state index is 15.0. The highest BCUT2D eigenvalue weighted by atomic mass is 31.2. The van der Waals surface area contributed by atoms with E-state index in [1.54, 1.807) is 0 Å². The van der Waals surface area contributed by atoms with Gasteiger partial charge in [0.15, 0.2) is 14.3 Å². The largest absolute Gasteiger partial charge is 0.308 e. The summed E-state index contributed by atoms with van der Waals surface area (Å²) in [6.07, 6.45) is 3.88. The lowest BCUT2D eigenvalue weighted by Crippen LogP contribution is -2.23. The number of benzene rings is 9. The molecule has 0 fully saturated rings. The van der Waals surface area contributed by atoms with E-state index in [2.05, 4.69) is 76.7 Å². The third kappa shape index (κ3) is 14.9. The van der Waals surface area contributed by atoms with E-state index in [0.29, 0.717) is 0 Å². The second kappa shape index (κ2) is 26.7. The van der Waals surface area contributed by atoms with Crippen molar-refractivity contribution in [2.75, 3.05) is 0 Å². The van der Waals surface area contributed by atoms with Crippen molar-refractivity contribution < 1.29 is 9.13 Å². The van der Waals surface area contributed by atoms with E-state index in [1.807, 2.05) is 279 Å². The van der Waals surface area contributed by atoms with Crippen molar-refractivity contribution in [3.63, 3.8) is 0 Å². The molecule has 0 aliphatic rings. The minimum absolute atomic E-state index is 0.373. The molecule has 0 saturated heterocycles. The van der Waals surface area contributed by atoms with Crippen molar-refractivity contribution in [3.8, 4) is 23.7 Å². The van der Waals surface area contributed by atoms with Crippen LogP contribution < -0.4 is 21.2 Å². The molecule has 0 radical (unpaired) electrons. The van der Waals surface area contributed by atoms with E-state index < -0.39 is 14.3 Å². The molecule has 0 aliphatic heterocycles. The molecule has 2 nitrogen and oxygen atoms in total. The summed E-state index contributed by atoms with van der Waals surface area (Å²) in [4.78, 5) is 0. The van der Waals surface area contributed by atoms with Crippen molar-refractivity contribution in [3.05, 3.63) is 322 Å². The molecule has 9 rings (SSSR count). The van der Waals surface area contributed by atoms with Crippen LogP contribution in [0.5, 0.6) is 0 Å². The topological polar surface area (TPSA) is 34.1 Å². The molecule has 374 valence electrons. The summed E-state index contributed by atoms with van der Waals surface area (Å²) in [5.41, 5.74) is 11.9. The van der Waals surface area contributed by atoms with Gasteiger partial charge >= 0.3 is 0 Å². The van der Waals surface area contributed by atoms with Crippen LogP contribution in [-0.2, 0) is 9.13 Å². The summed E-state index contributed by atoms with van der Waals surface area (Å²) in [5, 5.41) is 4.83. The maximum Gasteiger partial charge on any atom is 0.175 e. The van der Waals surface area contributed by atoms with Crippen LogP contribution in [0, 0.1) is 34.5 Å². The molecule has 0 bridgehead atoms. The second-order valence-electron chi connectivity index (χ2n) is 19.9. The molecule has 0 amide bonds. The quantitative estimate of drug-likeness (QED) is 0.0863. The highest BCUT2D eigenvalue weighted by molar-refractivity contribution is 7.82. The van der Waals surface area contributed by atoms with Crippen LogP contribution in [0.15, 0.2) is 289 Å². The van der Waals surface area contributed by atoms with Crippen LogP contribution in [-0.4, -0.2) is 0 Å². The average Bonchev–Trinajstić information content (AvgIpc) is 3.49. The molecule has 4 heteroatoms. The van der Waals surface area contributed by atoms with Gasteiger partial charge in [-0.2, -0.15) is 0 Å². The molecule has 0 saturated carbocycles. The van der Waals surface area contributed by atoms with Crippen LogP contribution in [0.1, 0.15) is 74.9 Å². The summed E-state index contributed by atoms with van der Waals surface area (Å²) in [5.74, 6) is 13.1. The van der Waals surface area contributed by atoms with E-state index in [4.69, 9.17) is 0 Å². The lowest BCUT2D eigenvalue weighted by molar-refractivity contribution is 0.517. The van der Waals surface area contributed by atoms with Crippen molar-refractivity contribution in [2.24, 2.45) is 10.8 Å². The normalized spacial score (nSPS) is 10.8. The van der Waals surface area contributed by atoms with Crippen molar-refractivity contribution >= 4 is 47.7 Å². The van der Waals surface area contributed by atoms with Gasteiger partial charge in [-0.3, -0.25) is 0 Å². The summed E-state index contributed by atoms with van der Waals surface area (Å²) in [7, 11) is -6.27. The predicted molar refractivity (Wildman–Crippen MR) is 326 cm³/mol. The highest BCUT2D eigenvalue weighted by Gasteiger charge is 2.39. The fraction of sp³-hybridized carbons (Fsp3) is 0.111. The Kier molecular flexibility index (Phi) is 19.4. The third-order valence-corrected chi connectivity index (χ3v) is 19.0. The average molecular weight is 1020 g/mol. The Morgan fingerprint density at radius 1 is 0.303 bits per heavy atom. The Balaban J connectivity index is 0.000000199. The summed E-state index contributed by atoms with van der Waals surface area (Å²) in [6, 6.07) is 87.0. The fourth-order valence-electron chi connectivity index (χ4n) is 8.40. The van der Waals surface area contributed by atoms with E-state index in [1.165, 1.54) is 0 Å². The van der Waals surface area contributed by atoms with Gasteiger partial charge in [-0.1, -0.05) is 296 Å². The molecule has 0 N–H and O–H groups in total. The van der Waals surface area contributed by atoms with Crippen molar-refractivity contribution in [2.45, 2.75) is 41.5 Å². The van der Waals surface area contributed by atoms with Crippen LogP contribution >= 0.6 is 14.3 Å². The standard InChI is InChI=1S/2C33H29OP.C6H6/c2*1-33(2,3)32(35(34,30-19-9-5-10-20-30)31-21-11-6-12-22-31)26-25-29-18-14-13-17-28(29)24-23-27-15-7-4-8-16-27;1-2-4-6-5-3-1/h2*4-22,25H,1-3H3;1-6H. The van der Waals surface area contributed by atoms with E-state index >= 15 is 9.13 Å². The number of hydrogen-bond donors (Lipinski definition) is 0. The zero-order valence-corrected chi connectivity index (χ0v) is 46.1. The summed E-state index contributed by atoms with van der Waals surface area (Å²) >= 11 is 0. The predicted octanol–water partition coefficient (Wildman–Crippen LogP) is 17.0. The van der Waals surface area contributed by atoms with Crippen LogP contribution in [0.2, 0.25) is 0 Å². The van der Waals surface area contributed by atoms with Gasteiger partial charge in [-0.05, 0) is 70.5 Å². The first-order chi connectivity index (χ1) is 36.8. The van der Waals surface area contributed by atoms with E-state index in [0.717, 1.165) is 65.2 Å². The van der Waals surface area contributed by atoms with Crippen LogP contribution in [0.25, 0.3) is 12.2 Å². The van der Waals surface area contributed by atoms with Crippen molar-refractivity contribution in [1.29, 1.82) is 0 Å². The van der Waals surface area contributed by atoms with Gasteiger partial charge in [0.05, 0.1) is 0 Å². The van der Waals surface area contributed by atoms with E-state index in [9.17, 15) is 0 Å². The minimum Gasteiger partial charge on any atom is -0.308 e. The fourth-order valence-corrected chi connectivity index (χ4v) is 14.8. The molecule has 76 heavy (non-hydrogen) atoms.